The van der Waals surface area contributed by atoms with E-state index < -0.39 is 0 Å². The smallest absolute Gasteiger partial charge is 0.304 e. The second-order valence-electron chi connectivity index (χ2n) is 4.66. The maximum atomic E-state index is 12.2. The van der Waals surface area contributed by atoms with Gasteiger partial charge in [0, 0.05) is 13.1 Å². The predicted molar refractivity (Wildman–Crippen MR) is 76.1 cm³/mol. The van der Waals surface area contributed by atoms with Gasteiger partial charge in [0.15, 0.2) is 0 Å². The molecular formula is C15H20N2O3. The number of hydrogen-bond acceptors (Lipinski definition) is 4. The van der Waals surface area contributed by atoms with Crippen molar-refractivity contribution < 1.29 is 14.6 Å². The van der Waals surface area contributed by atoms with E-state index in [1.807, 2.05) is 35.3 Å². The van der Waals surface area contributed by atoms with Crippen molar-refractivity contribution >= 4 is 12.0 Å². The third-order valence-corrected chi connectivity index (χ3v) is 3.11. The maximum Gasteiger partial charge on any atom is 0.304 e. The highest BCUT2D eigenvalue weighted by molar-refractivity contribution is 5.95. The van der Waals surface area contributed by atoms with Crippen LogP contribution in [0.25, 0.3) is 6.08 Å². The monoisotopic (exact) mass is 276 g/mol. The molecule has 0 bridgehead atoms. The molecule has 20 heavy (non-hydrogen) atoms. The van der Waals surface area contributed by atoms with E-state index in [4.69, 9.17) is 4.89 Å². The van der Waals surface area contributed by atoms with Crippen molar-refractivity contribution in [3.63, 3.8) is 0 Å². The lowest BCUT2D eigenvalue weighted by Crippen LogP contribution is -2.45. The van der Waals surface area contributed by atoms with Crippen LogP contribution in [-0.2, 0) is 14.6 Å². The minimum Gasteiger partial charge on any atom is -0.332 e. The highest BCUT2D eigenvalue weighted by Gasteiger charge is 2.17. The lowest BCUT2D eigenvalue weighted by atomic mass is 10.2. The van der Waals surface area contributed by atoms with Crippen molar-refractivity contribution in [3.8, 4) is 0 Å². The minimum atomic E-state index is -0.294. The third kappa shape index (κ3) is 4.36. The van der Waals surface area contributed by atoms with E-state index in [9.17, 15) is 4.79 Å². The van der Waals surface area contributed by atoms with E-state index in [0.717, 1.165) is 31.5 Å². The van der Waals surface area contributed by atoms with E-state index in [1.165, 1.54) is 13.5 Å². The molecule has 1 aromatic carbocycles. The van der Waals surface area contributed by atoms with Gasteiger partial charge >= 0.3 is 5.91 Å². The van der Waals surface area contributed by atoms with E-state index in [-0.39, 0.29) is 11.7 Å². The number of nitrogens with one attached hydrogen (secondary N) is 1. The highest BCUT2D eigenvalue weighted by atomic mass is 17.2. The van der Waals surface area contributed by atoms with Gasteiger partial charge in [-0.3, -0.25) is 10.2 Å². The molecular weight excluding hydrogens is 256 g/mol. The van der Waals surface area contributed by atoms with Gasteiger partial charge in [0.1, 0.15) is 0 Å². The molecule has 108 valence electrons. The minimum absolute atomic E-state index is 0.143. The van der Waals surface area contributed by atoms with E-state index in [0.29, 0.717) is 0 Å². The van der Waals surface area contributed by atoms with Gasteiger partial charge in [-0.05, 0) is 24.5 Å². The lowest BCUT2D eigenvalue weighted by Gasteiger charge is -2.26. The van der Waals surface area contributed by atoms with Gasteiger partial charge in [-0.1, -0.05) is 36.8 Å². The summed E-state index contributed by atoms with van der Waals surface area (Å²) in [6.07, 6.45) is 5.07. The number of benzene rings is 1. The molecule has 1 aromatic rings. The molecule has 1 N–H and O–H groups in total. The van der Waals surface area contributed by atoms with E-state index in [1.54, 1.807) is 6.08 Å². The van der Waals surface area contributed by atoms with Crippen LogP contribution >= 0.6 is 0 Å². The van der Waals surface area contributed by atoms with Crippen LogP contribution in [0.5, 0.6) is 0 Å². The number of hydrogen-bond donors (Lipinski definition) is 1. The first-order chi connectivity index (χ1) is 9.79. The fourth-order valence-corrected chi connectivity index (χ4v) is 2.12. The summed E-state index contributed by atoms with van der Waals surface area (Å²) in [4.78, 5) is 21.8. The van der Waals surface area contributed by atoms with Crippen LogP contribution in [0.4, 0.5) is 0 Å². The van der Waals surface area contributed by atoms with Gasteiger partial charge in [-0.25, -0.2) is 5.01 Å². The van der Waals surface area contributed by atoms with Crippen molar-refractivity contribution in [2.24, 2.45) is 0 Å². The zero-order valence-electron chi connectivity index (χ0n) is 11.7. The van der Waals surface area contributed by atoms with Crippen molar-refractivity contribution in [2.75, 3.05) is 20.2 Å². The Labute approximate surface area is 119 Å². The second kappa shape index (κ2) is 7.67. The Balaban J connectivity index is 2.03. The Bertz CT molecular complexity index is 453. The Morgan fingerprint density at radius 2 is 1.90 bits per heavy atom. The number of piperidine rings is 1. The Kier molecular flexibility index (Phi) is 5.58. The molecule has 0 aliphatic carbocycles. The summed E-state index contributed by atoms with van der Waals surface area (Å²) in [5.41, 5.74) is 3.73. The third-order valence-electron chi connectivity index (χ3n) is 3.11. The molecule has 1 fully saturated rings. The summed E-state index contributed by atoms with van der Waals surface area (Å²) in [5, 5.41) is 1.92. The molecule has 1 amide bonds. The Morgan fingerprint density at radius 1 is 1.20 bits per heavy atom. The molecule has 5 heteroatoms. The van der Waals surface area contributed by atoms with Crippen LogP contribution in [0, 0.1) is 0 Å². The van der Waals surface area contributed by atoms with Crippen LogP contribution in [-0.4, -0.2) is 31.1 Å². The molecule has 0 aromatic heterocycles. The summed E-state index contributed by atoms with van der Waals surface area (Å²) in [7, 11) is 1.38. The van der Waals surface area contributed by atoms with Gasteiger partial charge in [0.2, 0.25) is 5.76 Å². The van der Waals surface area contributed by atoms with Gasteiger partial charge in [-0.15, -0.1) is 0 Å². The van der Waals surface area contributed by atoms with Crippen molar-refractivity contribution in [1.82, 2.24) is 10.4 Å². The van der Waals surface area contributed by atoms with Gasteiger partial charge in [0.25, 0.3) is 0 Å². The van der Waals surface area contributed by atoms with Crippen LogP contribution in [0.2, 0.25) is 0 Å². The Hall–Kier alpha value is -1.85. The van der Waals surface area contributed by atoms with Crippen LogP contribution in [0.15, 0.2) is 36.1 Å². The summed E-state index contributed by atoms with van der Waals surface area (Å²) in [6, 6.07) is 9.51. The highest BCUT2D eigenvalue weighted by Crippen LogP contribution is 2.10. The quantitative estimate of drug-likeness (QED) is 0.387. The summed E-state index contributed by atoms with van der Waals surface area (Å²) >= 11 is 0. The first-order valence-electron chi connectivity index (χ1n) is 6.83. The lowest BCUT2D eigenvalue weighted by molar-refractivity contribution is -0.236. The molecule has 0 atom stereocenters. The van der Waals surface area contributed by atoms with Crippen molar-refractivity contribution in [2.45, 2.75) is 19.3 Å². The standard InChI is InChI=1S/C15H20N2O3/c1-19-20-14(12-13-8-4-2-5-9-13)15(18)16-17-10-6-3-7-11-17/h2,4-5,8-9,12H,3,6-7,10-11H2,1H3,(H,16,18). The molecule has 2 rings (SSSR count). The first kappa shape index (κ1) is 14.6. The fraction of sp³-hybridized carbons (Fsp3) is 0.400. The van der Waals surface area contributed by atoms with Crippen LogP contribution in [0.1, 0.15) is 24.8 Å². The largest absolute Gasteiger partial charge is 0.332 e. The summed E-state index contributed by atoms with van der Waals surface area (Å²) in [5.74, 6) is -0.151. The fourth-order valence-electron chi connectivity index (χ4n) is 2.12. The number of hydrazine groups is 1. The van der Waals surface area contributed by atoms with E-state index >= 15 is 0 Å². The molecule has 0 spiro atoms. The molecule has 1 heterocycles. The zero-order chi connectivity index (χ0) is 14.2. The molecule has 0 saturated carbocycles. The van der Waals surface area contributed by atoms with Crippen LogP contribution in [0.3, 0.4) is 0 Å². The average Bonchev–Trinajstić information content (AvgIpc) is 2.49. The Morgan fingerprint density at radius 3 is 2.55 bits per heavy atom. The SMILES string of the molecule is COOC(=Cc1ccccc1)C(=O)NN1CCCCC1. The number of carbonyl (C=O) groups excluding carboxylic acids is 1. The number of amides is 1. The summed E-state index contributed by atoms with van der Waals surface area (Å²) < 4.78 is 0. The second-order valence-corrected chi connectivity index (χ2v) is 4.66. The zero-order valence-corrected chi connectivity index (χ0v) is 11.7. The van der Waals surface area contributed by atoms with Crippen molar-refractivity contribution in [1.29, 1.82) is 0 Å². The molecule has 0 unspecified atom stereocenters. The average molecular weight is 276 g/mol. The number of carbonyl (C=O) groups is 1. The van der Waals surface area contributed by atoms with Crippen molar-refractivity contribution in [3.05, 3.63) is 41.7 Å². The van der Waals surface area contributed by atoms with Gasteiger partial charge in [0.05, 0.1) is 7.11 Å². The molecule has 1 saturated heterocycles. The normalized spacial score (nSPS) is 16.8. The number of nitrogens with zero attached hydrogens (tertiary/aromatic N) is 1. The first-order valence-corrected chi connectivity index (χ1v) is 6.83. The molecule has 1 aliphatic heterocycles. The maximum absolute atomic E-state index is 12.2. The van der Waals surface area contributed by atoms with Crippen LogP contribution < -0.4 is 5.43 Å². The summed E-state index contributed by atoms with van der Waals surface area (Å²) in [6.45, 7) is 1.74. The molecule has 0 radical (unpaired) electrons. The predicted octanol–water partition coefficient (Wildman–Crippen LogP) is 2.12. The topological polar surface area (TPSA) is 50.8 Å². The van der Waals surface area contributed by atoms with E-state index in [2.05, 4.69) is 10.3 Å². The molecule has 1 aliphatic rings. The molecule has 5 nitrogen and oxygen atoms in total. The number of rotatable bonds is 5. The van der Waals surface area contributed by atoms with Gasteiger partial charge in [-0.2, -0.15) is 4.89 Å². The van der Waals surface area contributed by atoms with Gasteiger partial charge < -0.3 is 4.89 Å².